The van der Waals surface area contributed by atoms with Crippen molar-refractivity contribution in [2.45, 2.75) is 13.5 Å². The van der Waals surface area contributed by atoms with Crippen LogP contribution in [0.25, 0.3) is 0 Å². The number of hydrogen-bond donors (Lipinski definition) is 1. The molecule has 0 fully saturated rings. The van der Waals surface area contributed by atoms with Crippen LogP contribution >= 0.6 is 31.9 Å². The predicted octanol–water partition coefficient (Wildman–Crippen LogP) is 2.60. The molecule has 0 saturated carbocycles. The van der Waals surface area contributed by atoms with Crippen molar-refractivity contribution in [3.63, 3.8) is 0 Å². The van der Waals surface area contributed by atoms with Gasteiger partial charge in [0.1, 0.15) is 5.69 Å². The zero-order chi connectivity index (χ0) is 14.7. The molecule has 1 aromatic rings. The zero-order valence-corrected chi connectivity index (χ0v) is 13.6. The number of halogens is 2. The van der Waals surface area contributed by atoms with Crippen molar-refractivity contribution >= 4 is 49.1 Å². The number of rotatable bonds is 4. The molecule has 0 aromatic heterocycles. The number of benzene rings is 1. The molecular formula is C11H13Br2N3O3. The van der Waals surface area contributed by atoms with Crippen LogP contribution in [0.4, 0.5) is 11.4 Å². The number of nitrogens with zero attached hydrogens (tertiary/aromatic N) is 2. The third kappa shape index (κ3) is 3.44. The lowest BCUT2D eigenvalue weighted by atomic mass is 10.0. The normalized spacial score (nSPS) is 10.3. The molecule has 1 aromatic carbocycles. The molecule has 0 heterocycles. The summed E-state index contributed by atoms with van der Waals surface area (Å²) in [7, 11) is 1.62. The fourth-order valence-corrected chi connectivity index (χ4v) is 2.47. The highest BCUT2D eigenvalue weighted by Gasteiger charge is 2.21. The number of hydrogen-bond acceptors (Lipinski definition) is 4. The van der Waals surface area contributed by atoms with Crippen LogP contribution in [0.1, 0.15) is 11.1 Å². The molecular weight excluding hydrogens is 382 g/mol. The van der Waals surface area contributed by atoms with Crippen LogP contribution in [0.2, 0.25) is 0 Å². The molecule has 0 bridgehead atoms. The summed E-state index contributed by atoms with van der Waals surface area (Å²) in [6, 6.07) is 1.38. The maximum Gasteiger partial charge on any atom is 0.293 e. The van der Waals surface area contributed by atoms with Gasteiger partial charge in [0.2, 0.25) is 5.91 Å². The molecule has 19 heavy (non-hydrogen) atoms. The number of nitrogen functional groups attached to an aromatic ring is 1. The highest BCUT2D eigenvalue weighted by molar-refractivity contribution is 9.10. The summed E-state index contributed by atoms with van der Waals surface area (Å²) in [5, 5.41) is 11.1. The molecule has 2 N–H and O–H groups in total. The molecule has 0 aliphatic rings. The van der Waals surface area contributed by atoms with Crippen molar-refractivity contribution in [2.24, 2.45) is 0 Å². The van der Waals surface area contributed by atoms with Crippen molar-refractivity contribution in [1.82, 2.24) is 4.90 Å². The van der Waals surface area contributed by atoms with Crippen LogP contribution in [0, 0.1) is 17.0 Å². The lowest BCUT2D eigenvalue weighted by Crippen LogP contribution is -2.27. The Hall–Kier alpha value is -1.15. The molecule has 1 amide bonds. The monoisotopic (exact) mass is 393 g/mol. The van der Waals surface area contributed by atoms with Gasteiger partial charge in [0, 0.05) is 29.7 Å². The van der Waals surface area contributed by atoms with Gasteiger partial charge < -0.3 is 10.6 Å². The van der Waals surface area contributed by atoms with E-state index in [9.17, 15) is 14.9 Å². The molecule has 8 heteroatoms. The second-order valence-electron chi connectivity index (χ2n) is 4.04. The molecule has 0 radical (unpaired) electrons. The van der Waals surface area contributed by atoms with E-state index >= 15 is 0 Å². The van der Waals surface area contributed by atoms with E-state index in [0.717, 1.165) is 5.56 Å². The van der Waals surface area contributed by atoms with E-state index < -0.39 is 4.92 Å². The van der Waals surface area contributed by atoms with E-state index in [1.165, 1.54) is 11.0 Å². The van der Waals surface area contributed by atoms with Gasteiger partial charge in [-0.2, -0.15) is 0 Å². The van der Waals surface area contributed by atoms with Gasteiger partial charge in [0.05, 0.1) is 10.3 Å². The Morgan fingerprint density at radius 1 is 1.58 bits per heavy atom. The largest absolute Gasteiger partial charge is 0.393 e. The first-order valence-corrected chi connectivity index (χ1v) is 7.22. The Labute approximate surface area is 127 Å². The maximum absolute atomic E-state index is 11.5. The zero-order valence-electron chi connectivity index (χ0n) is 10.4. The second-order valence-corrected chi connectivity index (χ2v) is 5.45. The van der Waals surface area contributed by atoms with Crippen molar-refractivity contribution in [2.75, 3.05) is 18.1 Å². The Kier molecular flexibility index (Phi) is 5.30. The number of amides is 1. The van der Waals surface area contributed by atoms with Gasteiger partial charge >= 0.3 is 0 Å². The number of nitro groups is 1. The van der Waals surface area contributed by atoms with Crippen LogP contribution in [0.15, 0.2) is 10.5 Å². The molecule has 0 aliphatic carbocycles. The van der Waals surface area contributed by atoms with Gasteiger partial charge in [0.15, 0.2) is 0 Å². The number of nitrogens with two attached hydrogens (primary N) is 1. The number of nitro benzene ring substituents is 1. The minimum atomic E-state index is -0.532. The fraction of sp³-hybridized carbons (Fsp3) is 0.364. The molecule has 0 unspecified atom stereocenters. The van der Waals surface area contributed by atoms with Crippen LogP contribution in [-0.4, -0.2) is 28.1 Å². The highest BCUT2D eigenvalue weighted by atomic mass is 79.9. The summed E-state index contributed by atoms with van der Waals surface area (Å²) in [5.74, 6) is -0.124. The van der Waals surface area contributed by atoms with Crippen molar-refractivity contribution in [1.29, 1.82) is 0 Å². The lowest BCUT2D eigenvalue weighted by Gasteiger charge is -2.19. The summed E-state index contributed by atoms with van der Waals surface area (Å²) < 4.78 is 0.600. The maximum atomic E-state index is 11.5. The first-order chi connectivity index (χ1) is 8.79. The van der Waals surface area contributed by atoms with E-state index in [0.29, 0.717) is 10.0 Å². The summed E-state index contributed by atoms with van der Waals surface area (Å²) in [6.07, 6.45) is 0. The predicted molar refractivity (Wildman–Crippen MR) is 80.2 cm³/mol. The number of carbonyl (C=O) groups excluding carboxylic acids is 1. The van der Waals surface area contributed by atoms with E-state index in [1.54, 1.807) is 14.0 Å². The molecule has 6 nitrogen and oxygen atoms in total. The summed E-state index contributed by atoms with van der Waals surface area (Å²) in [6.45, 7) is 2.02. The SMILES string of the molecule is Cc1c(Br)cc([N+](=O)[O-])c(N)c1CN(C)C(=O)CBr. The molecule has 0 spiro atoms. The topological polar surface area (TPSA) is 89.5 Å². The fourth-order valence-electron chi connectivity index (χ4n) is 1.59. The highest BCUT2D eigenvalue weighted by Crippen LogP contribution is 2.34. The Balaban J connectivity index is 3.26. The average Bonchev–Trinajstić information content (AvgIpc) is 2.37. The number of carbonyl (C=O) groups is 1. The van der Waals surface area contributed by atoms with E-state index in [2.05, 4.69) is 31.9 Å². The quantitative estimate of drug-likeness (QED) is 0.368. The average molecular weight is 395 g/mol. The van der Waals surface area contributed by atoms with Crippen molar-refractivity contribution in [3.05, 3.63) is 31.8 Å². The van der Waals surface area contributed by atoms with Gasteiger partial charge in [-0.25, -0.2) is 0 Å². The molecule has 0 aliphatic heterocycles. The standard InChI is InChI=1S/C11H13Br2N3O3/c1-6-7(5-15(2)10(17)4-12)11(14)9(16(18)19)3-8(6)13/h3H,4-5,14H2,1-2H3. The minimum Gasteiger partial charge on any atom is -0.393 e. The first kappa shape index (κ1) is 15.9. The minimum absolute atomic E-state index is 0.0972. The van der Waals surface area contributed by atoms with Gasteiger partial charge in [-0.3, -0.25) is 14.9 Å². The van der Waals surface area contributed by atoms with Crippen LogP contribution < -0.4 is 5.73 Å². The van der Waals surface area contributed by atoms with Crippen LogP contribution in [0.5, 0.6) is 0 Å². The molecule has 104 valence electrons. The first-order valence-electron chi connectivity index (χ1n) is 5.31. The van der Waals surface area contributed by atoms with E-state index in [-0.39, 0.29) is 29.2 Å². The third-order valence-corrected chi connectivity index (χ3v) is 4.11. The van der Waals surface area contributed by atoms with Gasteiger partial charge in [-0.1, -0.05) is 31.9 Å². The Morgan fingerprint density at radius 3 is 2.63 bits per heavy atom. The van der Waals surface area contributed by atoms with Gasteiger partial charge in [-0.15, -0.1) is 0 Å². The number of alkyl halides is 1. The van der Waals surface area contributed by atoms with Crippen LogP contribution in [0.3, 0.4) is 0 Å². The van der Waals surface area contributed by atoms with E-state index in [1.807, 2.05) is 0 Å². The summed E-state index contributed by atoms with van der Waals surface area (Å²) in [5.41, 5.74) is 7.14. The third-order valence-electron chi connectivity index (χ3n) is 2.81. The summed E-state index contributed by atoms with van der Waals surface area (Å²) >= 11 is 6.35. The van der Waals surface area contributed by atoms with Crippen LogP contribution in [-0.2, 0) is 11.3 Å². The smallest absolute Gasteiger partial charge is 0.293 e. The number of anilines is 1. The Bertz CT molecular complexity index is 534. The van der Waals surface area contributed by atoms with Gasteiger partial charge in [0.25, 0.3) is 5.69 Å². The second kappa shape index (κ2) is 6.33. The van der Waals surface area contributed by atoms with Crippen molar-refractivity contribution < 1.29 is 9.72 Å². The van der Waals surface area contributed by atoms with E-state index in [4.69, 9.17) is 5.73 Å². The van der Waals surface area contributed by atoms with Crippen molar-refractivity contribution in [3.8, 4) is 0 Å². The molecule has 0 saturated heterocycles. The molecule has 1 rings (SSSR count). The Morgan fingerprint density at radius 2 is 2.16 bits per heavy atom. The lowest BCUT2D eigenvalue weighted by molar-refractivity contribution is -0.384. The van der Waals surface area contributed by atoms with Gasteiger partial charge in [-0.05, 0) is 12.5 Å². The summed E-state index contributed by atoms with van der Waals surface area (Å²) in [4.78, 5) is 23.4. The molecule has 0 atom stereocenters.